The Labute approximate surface area is 92.5 Å². The molecule has 4 nitrogen and oxygen atoms in total. The second-order valence-corrected chi connectivity index (χ2v) is 3.79. The second-order valence-electron chi connectivity index (χ2n) is 3.79. The highest BCUT2D eigenvalue weighted by Crippen LogP contribution is 2.40. The van der Waals surface area contributed by atoms with Crippen molar-refractivity contribution in [3.05, 3.63) is 35.0 Å². The number of hydrogen-bond acceptors (Lipinski definition) is 4. The first-order valence-corrected chi connectivity index (χ1v) is 5.09. The molecule has 0 saturated carbocycles. The third kappa shape index (κ3) is 1.17. The Morgan fingerprint density at radius 3 is 3.12 bits per heavy atom. The Bertz CT molecular complexity index is 545. The van der Waals surface area contributed by atoms with Crippen LogP contribution in [0.2, 0.25) is 0 Å². The van der Waals surface area contributed by atoms with Crippen LogP contribution in [0.15, 0.2) is 22.7 Å². The average molecular weight is 217 g/mol. The van der Waals surface area contributed by atoms with Crippen LogP contribution in [0.25, 0.3) is 11.3 Å². The monoisotopic (exact) mass is 217 g/mol. The number of rotatable bonds is 2. The molecule has 1 aliphatic rings. The molecule has 0 radical (unpaired) electrons. The van der Waals surface area contributed by atoms with E-state index in [1.807, 2.05) is 18.2 Å². The second kappa shape index (κ2) is 3.35. The fourth-order valence-electron chi connectivity index (χ4n) is 2.10. The Morgan fingerprint density at radius 1 is 1.50 bits per heavy atom. The van der Waals surface area contributed by atoms with Crippen LogP contribution in [0.1, 0.15) is 16.8 Å². The number of ether oxygens (including phenoxy) is 1. The Morgan fingerprint density at radius 2 is 2.38 bits per heavy atom. The number of nitrogens with zero attached hydrogens (tertiary/aromatic N) is 1. The topological polar surface area (TPSA) is 55.5 Å². The van der Waals surface area contributed by atoms with Gasteiger partial charge < -0.3 is 14.4 Å². The van der Waals surface area contributed by atoms with Gasteiger partial charge in [-0.05, 0) is 17.7 Å². The average Bonchev–Trinajstić information content (AvgIpc) is 2.86. The first-order chi connectivity index (χ1) is 7.83. The van der Waals surface area contributed by atoms with Gasteiger partial charge in [0.1, 0.15) is 11.4 Å². The minimum absolute atomic E-state index is 0.0794. The van der Waals surface area contributed by atoms with E-state index >= 15 is 0 Å². The van der Waals surface area contributed by atoms with Gasteiger partial charge in [0.05, 0.1) is 13.7 Å². The summed E-state index contributed by atoms with van der Waals surface area (Å²) >= 11 is 0. The first-order valence-electron chi connectivity index (χ1n) is 5.09. The van der Waals surface area contributed by atoms with Crippen LogP contribution < -0.4 is 4.74 Å². The van der Waals surface area contributed by atoms with E-state index in [9.17, 15) is 0 Å². The number of aliphatic hydroxyl groups is 1. The SMILES string of the molecule is COc1ccc2c(c1)-c1onc(CO)c1C2. The first kappa shape index (κ1) is 9.42. The van der Waals surface area contributed by atoms with Gasteiger partial charge in [0.25, 0.3) is 0 Å². The molecule has 1 aliphatic carbocycles. The molecule has 0 spiro atoms. The van der Waals surface area contributed by atoms with Crippen molar-refractivity contribution in [2.24, 2.45) is 0 Å². The zero-order chi connectivity index (χ0) is 11.1. The van der Waals surface area contributed by atoms with Crippen molar-refractivity contribution in [1.82, 2.24) is 5.16 Å². The summed E-state index contributed by atoms with van der Waals surface area (Å²) < 4.78 is 10.4. The third-order valence-corrected chi connectivity index (χ3v) is 2.95. The van der Waals surface area contributed by atoms with Crippen LogP contribution >= 0.6 is 0 Å². The van der Waals surface area contributed by atoms with Gasteiger partial charge in [-0.2, -0.15) is 0 Å². The summed E-state index contributed by atoms with van der Waals surface area (Å²) in [5.74, 6) is 1.56. The predicted octanol–water partition coefficient (Wildman–Crippen LogP) is 1.75. The molecule has 1 aromatic heterocycles. The largest absolute Gasteiger partial charge is 0.497 e. The third-order valence-electron chi connectivity index (χ3n) is 2.95. The smallest absolute Gasteiger partial charge is 0.171 e. The van der Waals surface area contributed by atoms with Crippen LogP contribution in [0.4, 0.5) is 0 Å². The zero-order valence-corrected chi connectivity index (χ0v) is 8.86. The van der Waals surface area contributed by atoms with E-state index in [-0.39, 0.29) is 6.61 Å². The van der Waals surface area contributed by atoms with E-state index in [0.717, 1.165) is 29.1 Å². The standard InChI is InChI=1S/C12H11NO3/c1-15-8-3-2-7-4-10-11(6-14)13-16-12(10)9(7)5-8/h2-3,5,14H,4,6H2,1H3. The molecule has 16 heavy (non-hydrogen) atoms. The van der Waals surface area contributed by atoms with Gasteiger partial charge in [-0.3, -0.25) is 0 Å². The van der Waals surface area contributed by atoms with E-state index in [1.54, 1.807) is 7.11 Å². The summed E-state index contributed by atoms with van der Waals surface area (Å²) in [4.78, 5) is 0. The summed E-state index contributed by atoms with van der Waals surface area (Å²) in [5.41, 5.74) is 3.82. The molecule has 0 amide bonds. The number of aromatic nitrogens is 1. The maximum atomic E-state index is 9.12. The molecule has 0 unspecified atom stereocenters. The number of aliphatic hydroxyl groups excluding tert-OH is 1. The number of fused-ring (bicyclic) bond motifs is 3. The molecule has 82 valence electrons. The molecule has 3 rings (SSSR count). The lowest BCUT2D eigenvalue weighted by Gasteiger charge is -2.02. The van der Waals surface area contributed by atoms with E-state index < -0.39 is 0 Å². The van der Waals surface area contributed by atoms with E-state index in [1.165, 1.54) is 5.56 Å². The lowest BCUT2D eigenvalue weighted by Crippen LogP contribution is -1.90. The number of benzene rings is 1. The van der Waals surface area contributed by atoms with E-state index in [2.05, 4.69) is 5.16 Å². The molecule has 0 atom stereocenters. The Hall–Kier alpha value is -1.81. The molecule has 1 aromatic carbocycles. The minimum atomic E-state index is -0.0794. The highest BCUT2D eigenvalue weighted by atomic mass is 16.5. The number of methoxy groups -OCH3 is 1. The van der Waals surface area contributed by atoms with Crippen LogP contribution in [-0.2, 0) is 13.0 Å². The Balaban J connectivity index is 2.16. The summed E-state index contributed by atoms with van der Waals surface area (Å²) in [6.07, 6.45) is 0.772. The summed E-state index contributed by atoms with van der Waals surface area (Å²) in [6.45, 7) is -0.0794. The molecule has 0 bridgehead atoms. The molecular formula is C12H11NO3. The van der Waals surface area contributed by atoms with E-state index in [4.69, 9.17) is 14.4 Å². The van der Waals surface area contributed by atoms with Crippen molar-refractivity contribution in [3.63, 3.8) is 0 Å². The van der Waals surface area contributed by atoms with Crippen molar-refractivity contribution < 1.29 is 14.4 Å². The molecule has 4 heteroatoms. The van der Waals surface area contributed by atoms with Gasteiger partial charge in [0.2, 0.25) is 0 Å². The molecule has 1 heterocycles. The van der Waals surface area contributed by atoms with Gasteiger partial charge in [0, 0.05) is 17.5 Å². The maximum Gasteiger partial charge on any atom is 0.171 e. The molecule has 0 saturated heterocycles. The van der Waals surface area contributed by atoms with Crippen LogP contribution in [0.5, 0.6) is 5.75 Å². The van der Waals surface area contributed by atoms with Crippen LogP contribution in [0.3, 0.4) is 0 Å². The lowest BCUT2D eigenvalue weighted by atomic mass is 10.1. The van der Waals surface area contributed by atoms with Gasteiger partial charge >= 0.3 is 0 Å². The highest BCUT2D eigenvalue weighted by Gasteiger charge is 2.26. The van der Waals surface area contributed by atoms with Crippen LogP contribution in [0, 0.1) is 0 Å². The molecular weight excluding hydrogens is 206 g/mol. The molecule has 0 fully saturated rings. The fraction of sp³-hybridized carbons (Fsp3) is 0.250. The zero-order valence-electron chi connectivity index (χ0n) is 8.86. The highest BCUT2D eigenvalue weighted by molar-refractivity contribution is 5.74. The predicted molar refractivity (Wildman–Crippen MR) is 57.2 cm³/mol. The summed E-state index contributed by atoms with van der Waals surface area (Å²) in [7, 11) is 1.64. The van der Waals surface area contributed by atoms with Gasteiger partial charge in [-0.25, -0.2) is 0 Å². The quantitative estimate of drug-likeness (QED) is 0.710. The molecule has 0 aliphatic heterocycles. The minimum Gasteiger partial charge on any atom is -0.497 e. The number of hydrogen-bond donors (Lipinski definition) is 1. The van der Waals surface area contributed by atoms with Crippen molar-refractivity contribution in [2.45, 2.75) is 13.0 Å². The van der Waals surface area contributed by atoms with Crippen molar-refractivity contribution >= 4 is 0 Å². The van der Waals surface area contributed by atoms with Crippen molar-refractivity contribution in [3.8, 4) is 17.1 Å². The van der Waals surface area contributed by atoms with E-state index in [0.29, 0.717) is 5.69 Å². The van der Waals surface area contributed by atoms with Crippen molar-refractivity contribution in [2.75, 3.05) is 7.11 Å². The van der Waals surface area contributed by atoms with Gasteiger partial charge in [0.15, 0.2) is 5.76 Å². The molecule has 2 aromatic rings. The van der Waals surface area contributed by atoms with Gasteiger partial charge in [-0.15, -0.1) is 0 Å². The summed E-state index contributed by atoms with van der Waals surface area (Å²) in [6, 6.07) is 5.88. The molecule has 1 N–H and O–H groups in total. The van der Waals surface area contributed by atoms with Crippen molar-refractivity contribution in [1.29, 1.82) is 0 Å². The lowest BCUT2D eigenvalue weighted by molar-refractivity contribution is 0.266. The summed E-state index contributed by atoms with van der Waals surface area (Å²) in [5, 5.41) is 13.0. The maximum absolute atomic E-state index is 9.12. The normalized spacial score (nSPS) is 12.4. The Kier molecular flexibility index (Phi) is 1.97. The van der Waals surface area contributed by atoms with Crippen LogP contribution in [-0.4, -0.2) is 17.4 Å². The fourth-order valence-corrected chi connectivity index (χ4v) is 2.10. The van der Waals surface area contributed by atoms with Gasteiger partial charge in [-0.1, -0.05) is 11.2 Å².